The number of hydrogen-bond donors (Lipinski definition) is 2. The summed E-state index contributed by atoms with van der Waals surface area (Å²) in [6.07, 6.45) is 7.84. The molecule has 2 fully saturated rings. The Labute approximate surface area is 266 Å². The van der Waals surface area contributed by atoms with Gasteiger partial charge in [-0.15, -0.1) is 0 Å². The maximum absolute atomic E-state index is 13.0. The lowest BCUT2D eigenvalue weighted by Crippen LogP contribution is -2.71. The minimum atomic E-state index is -1.04. The van der Waals surface area contributed by atoms with E-state index in [-0.39, 0.29) is 45.9 Å². The van der Waals surface area contributed by atoms with Gasteiger partial charge in [0.2, 0.25) is 11.8 Å². The van der Waals surface area contributed by atoms with E-state index in [9.17, 15) is 19.2 Å². The summed E-state index contributed by atoms with van der Waals surface area (Å²) >= 11 is 0. The number of hydrogen-bond acceptors (Lipinski definition) is 8. The fourth-order valence-corrected chi connectivity index (χ4v) is 8.09. The summed E-state index contributed by atoms with van der Waals surface area (Å²) in [5, 5.41) is 6.16. The van der Waals surface area contributed by atoms with Crippen LogP contribution in [0.1, 0.15) is 132 Å². The summed E-state index contributed by atoms with van der Waals surface area (Å²) in [6.45, 7) is 16.7. The van der Waals surface area contributed by atoms with Crippen LogP contribution in [0.2, 0.25) is 0 Å². The molecule has 0 atom stereocenters. The molecule has 0 saturated carbocycles. The van der Waals surface area contributed by atoms with Crippen molar-refractivity contribution in [2.45, 2.75) is 166 Å². The van der Waals surface area contributed by atoms with Crippen LogP contribution in [-0.2, 0) is 28.7 Å². The molecule has 0 aromatic carbocycles. The Morgan fingerprint density at radius 1 is 0.523 bits per heavy atom. The number of amides is 2. The number of piperidine rings is 2. The molecule has 2 aliphatic heterocycles. The molecule has 0 bridgehead atoms. The van der Waals surface area contributed by atoms with E-state index < -0.39 is 11.1 Å². The van der Waals surface area contributed by atoms with Crippen LogP contribution >= 0.6 is 0 Å². The number of nitrogens with zero attached hydrogens (tertiary/aromatic N) is 2. The predicted molar refractivity (Wildman–Crippen MR) is 173 cm³/mol. The van der Waals surface area contributed by atoms with Gasteiger partial charge in [-0.25, -0.2) is 9.59 Å². The summed E-state index contributed by atoms with van der Waals surface area (Å²) in [5.74, 6) is -1.01. The van der Waals surface area contributed by atoms with Crippen LogP contribution in [0.5, 0.6) is 0 Å². The van der Waals surface area contributed by atoms with Gasteiger partial charge in [-0.3, -0.25) is 19.4 Å². The molecular weight excluding hydrogens is 560 g/mol. The van der Waals surface area contributed by atoms with Crippen molar-refractivity contribution < 1.29 is 28.7 Å². The number of carbonyl (C=O) groups is 4. The second kappa shape index (κ2) is 14.1. The second-order valence-electron chi connectivity index (χ2n) is 15.9. The van der Waals surface area contributed by atoms with Gasteiger partial charge < -0.3 is 20.1 Å². The lowest BCUT2D eigenvalue weighted by atomic mass is 9.69. The highest BCUT2D eigenvalue weighted by Crippen LogP contribution is 2.44. The van der Waals surface area contributed by atoms with E-state index in [0.717, 1.165) is 38.5 Å². The highest BCUT2D eigenvalue weighted by molar-refractivity contribution is 5.89. The van der Waals surface area contributed by atoms with E-state index in [2.05, 4.69) is 89.9 Å². The Hall–Kier alpha value is -2.20. The molecule has 2 N–H and O–H groups in total. The number of ether oxygens (including phenoxy) is 2. The maximum atomic E-state index is 13.0. The quantitative estimate of drug-likeness (QED) is 0.224. The SMILES string of the molecule is COC(=O)C1(NC(=O)CCCCCCCCC(=O)NC2(C(=O)OC)CC(C)(C)N(C)C(C)(C)C2)CC(C)(C)N(C)C(C)(C)C1. The van der Waals surface area contributed by atoms with Gasteiger partial charge in [0.1, 0.15) is 11.1 Å². The van der Waals surface area contributed by atoms with Crippen molar-refractivity contribution in [1.82, 2.24) is 20.4 Å². The van der Waals surface area contributed by atoms with Gasteiger partial charge in [0, 0.05) is 35.0 Å². The number of unbranched alkanes of at least 4 members (excludes halogenated alkanes) is 5. The summed E-state index contributed by atoms with van der Waals surface area (Å²) in [6, 6.07) is 0. The van der Waals surface area contributed by atoms with Gasteiger partial charge in [0.05, 0.1) is 14.2 Å². The first-order valence-electron chi connectivity index (χ1n) is 16.4. The van der Waals surface area contributed by atoms with Crippen LogP contribution in [-0.4, -0.2) is 95.1 Å². The molecule has 0 spiro atoms. The van der Waals surface area contributed by atoms with Gasteiger partial charge in [-0.2, -0.15) is 0 Å². The average Bonchev–Trinajstić information content (AvgIpc) is 2.90. The van der Waals surface area contributed by atoms with Gasteiger partial charge >= 0.3 is 11.9 Å². The lowest BCUT2D eigenvalue weighted by molar-refractivity contribution is -0.161. The predicted octanol–water partition coefficient (Wildman–Crippen LogP) is 4.73. The molecule has 0 aliphatic carbocycles. The highest BCUT2D eigenvalue weighted by atomic mass is 16.5. The Bertz CT molecular complexity index is 932. The zero-order chi connectivity index (χ0) is 33.8. The van der Waals surface area contributed by atoms with Crippen LogP contribution in [0, 0.1) is 0 Å². The van der Waals surface area contributed by atoms with Crippen molar-refractivity contribution in [2.75, 3.05) is 28.3 Å². The molecule has 2 rings (SSSR count). The molecule has 10 heteroatoms. The molecular formula is C34H62N4O6. The normalized spacial score (nSPS) is 23.3. The minimum Gasteiger partial charge on any atom is -0.467 e. The second-order valence-corrected chi connectivity index (χ2v) is 15.9. The monoisotopic (exact) mass is 622 g/mol. The first-order valence-corrected chi connectivity index (χ1v) is 16.4. The van der Waals surface area contributed by atoms with Gasteiger partial charge in [0.25, 0.3) is 0 Å². The van der Waals surface area contributed by atoms with Crippen LogP contribution < -0.4 is 10.6 Å². The van der Waals surface area contributed by atoms with E-state index >= 15 is 0 Å². The number of esters is 2. The van der Waals surface area contributed by atoms with Crippen molar-refractivity contribution in [2.24, 2.45) is 0 Å². The molecule has 10 nitrogen and oxygen atoms in total. The van der Waals surface area contributed by atoms with Crippen molar-refractivity contribution in [1.29, 1.82) is 0 Å². The van der Waals surface area contributed by atoms with E-state index in [0.29, 0.717) is 38.5 Å². The average molecular weight is 623 g/mol. The van der Waals surface area contributed by atoms with Gasteiger partial charge in [-0.1, -0.05) is 25.7 Å². The standard InChI is InChI=1S/C34H62N4O6/c1-29(2)21-33(27(41)43-11,22-30(3,4)37(29)9)35-25(39)19-17-15-13-14-16-18-20-26(40)36-34(28(42)44-12)23-31(5,6)38(10)32(7,8)24-34/h13-24H2,1-12H3,(H,35,39)(H,36,40). The van der Waals surface area contributed by atoms with Crippen molar-refractivity contribution in [3.8, 4) is 0 Å². The fraction of sp³-hybridized carbons (Fsp3) is 0.882. The topological polar surface area (TPSA) is 117 Å². The van der Waals surface area contributed by atoms with Crippen LogP contribution in [0.25, 0.3) is 0 Å². The molecule has 2 heterocycles. The molecule has 254 valence electrons. The first kappa shape index (κ1) is 38.0. The Balaban J connectivity index is 1.79. The summed E-state index contributed by atoms with van der Waals surface area (Å²) < 4.78 is 10.4. The van der Waals surface area contributed by atoms with Crippen molar-refractivity contribution in [3.63, 3.8) is 0 Å². The molecule has 0 aromatic rings. The zero-order valence-corrected chi connectivity index (χ0v) is 29.8. The van der Waals surface area contributed by atoms with Crippen molar-refractivity contribution in [3.05, 3.63) is 0 Å². The van der Waals surface area contributed by atoms with Crippen LogP contribution in [0.15, 0.2) is 0 Å². The summed E-state index contributed by atoms with van der Waals surface area (Å²) in [4.78, 5) is 56.5. The number of rotatable bonds is 13. The van der Waals surface area contributed by atoms with E-state index in [1.54, 1.807) is 0 Å². The maximum Gasteiger partial charge on any atom is 0.331 e. The molecule has 0 unspecified atom stereocenters. The minimum absolute atomic E-state index is 0.122. The smallest absolute Gasteiger partial charge is 0.331 e. The molecule has 0 radical (unpaired) electrons. The first-order chi connectivity index (χ1) is 20.1. The highest BCUT2D eigenvalue weighted by Gasteiger charge is 2.57. The van der Waals surface area contributed by atoms with E-state index in [1.165, 1.54) is 14.2 Å². The summed E-state index contributed by atoms with van der Waals surface area (Å²) in [5.41, 5.74) is -3.25. The number of carbonyl (C=O) groups excluding carboxylic acids is 4. The molecule has 2 saturated heterocycles. The molecule has 2 amide bonds. The number of likely N-dealkylation sites (tertiary alicyclic amines) is 2. The number of nitrogens with one attached hydrogen (secondary N) is 2. The van der Waals surface area contributed by atoms with Crippen molar-refractivity contribution >= 4 is 23.8 Å². The Morgan fingerprint density at radius 2 is 0.773 bits per heavy atom. The molecule has 2 aliphatic rings. The molecule has 0 aromatic heterocycles. The largest absolute Gasteiger partial charge is 0.467 e. The third kappa shape index (κ3) is 8.74. The van der Waals surface area contributed by atoms with Gasteiger partial charge in [-0.05, 0) is 108 Å². The van der Waals surface area contributed by atoms with Crippen LogP contribution in [0.4, 0.5) is 0 Å². The Kier molecular flexibility index (Phi) is 12.1. The third-order valence-corrected chi connectivity index (χ3v) is 10.5. The third-order valence-electron chi connectivity index (χ3n) is 10.5. The van der Waals surface area contributed by atoms with Gasteiger partial charge in [0.15, 0.2) is 0 Å². The molecule has 44 heavy (non-hydrogen) atoms. The summed E-state index contributed by atoms with van der Waals surface area (Å²) in [7, 11) is 6.88. The fourth-order valence-electron chi connectivity index (χ4n) is 8.09. The number of methoxy groups -OCH3 is 2. The van der Waals surface area contributed by atoms with E-state index in [1.807, 2.05) is 0 Å². The lowest BCUT2D eigenvalue weighted by Gasteiger charge is -2.57. The van der Waals surface area contributed by atoms with E-state index in [4.69, 9.17) is 9.47 Å². The van der Waals surface area contributed by atoms with Crippen LogP contribution in [0.3, 0.4) is 0 Å². The Morgan fingerprint density at radius 3 is 1.02 bits per heavy atom. The zero-order valence-electron chi connectivity index (χ0n) is 29.8.